The molecule has 0 aliphatic rings. The van der Waals surface area contributed by atoms with E-state index in [4.69, 9.17) is 4.74 Å². The van der Waals surface area contributed by atoms with Crippen LogP contribution in [-0.4, -0.2) is 27.2 Å². The maximum atomic E-state index is 10.3. The monoisotopic (exact) mass is 336 g/mol. The number of phenolic OH excluding ortho intramolecular Hbond substituents is 1. The molecule has 2 aromatic carbocycles. The minimum absolute atomic E-state index is 0.0307. The van der Waals surface area contributed by atoms with Gasteiger partial charge in [-0.2, -0.15) is 0 Å². The molecule has 1 N–H and O–H groups in total. The summed E-state index contributed by atoms with van der Waals surface area (Å²) in [4.78, 5) is 0. The molecular weight excluding hydrogens is 315 g/mol. The second kappa shape index (κ2) is 5.90. The predicted octanol–water partition coefficient (Wildman–Crippen LogP) is 2.29. The van der Waals surface area contributed by atoms with Gasteiger partial charge in [-0.05, 0) is 0 Å². The summed E-state index contributed by atoms with van der Waals surface area (Å²) in [5.41, 5.74) is 4.49. The van der Waals surface area contributed by atoms with E-state index in [-0.39, 0.29) is 15.0 Å². The van der Waals surface area contributed by atoms with Gasteiger partial charge in [0.15, 0.2) is 0 Å². The van der Waals surface area contributed by atoms with Crippen LogP contribution in [0.2, 0.25) is 0 Å². The zero-order valence-electron chi connectivity index (χ0n) is 12.6. The summed E-state index contributed by atoms with van der Waals surface area (Å²) >= 11 is 0.0307. The zero-order valence-corrected chi connectivity index (χ0v) is 14.3. The third-order valence-electron chi connectivity index (χ3n) is 3.22. The maximum absolute atomic E-state index is 10.3. The van der Waals surface area contributed by atoms with Crippen LogP contribution in [-0.2, 0) is 0 Å². The van der Waals surface area contributed by atoms with Gasteiger partial charge in [0.2, 0.25) is 0 Å². The molecule has 106 valence electrons. The average Bonchev–Trinajstić information content (AvgIpc) is 2.35. The van der Waals surface area contributed by atoms with E-state index in [0.29, 0.717) is 5.75 Å². The van der Waals surface area contributed by atoms with Gasteiger partial charge in [-0.15, -0.1) is 0 Å². The van der Waals surface area contributed by atoms with Crippen molar-refractivity contribution in [1.82, 2.24) is 0 Å². The predicted molar refractivity (Wildman–Crippen MR) is 85.1 cm³/mol. The molecule has 0 aromatic heterocycles. The summed E-state index contributed by atoms with van der Waals surface area (Å²) in [5.74, 6) is 1.35. The van der Waals surface area contributed by atoms with E-state index in [1.807, 2.05) is 13.0 Å². The van der Waals surface area contributed by atoms with Gasteiger partial charge in [0.25, 0.3) is 0 Å². The van der Waals surface area contributed by atoms with Crippen LogP contribution >= 0.6 is 0 Å². The summed E-state index contributed by atoms with van der Waals surface area (Å²) in [6.45, 7) is 8.16. The van der Waals surface area contributed by atoms with Crippen LogP contribution in [0.25, 0.3) is 0 Å². The van der Waals surface area contributed by atoms with Crippen molar-refractivity contribution < 1.29 is 9.84 Å². The van der Waals surface area contributed by atoms with Crippen LogP contribution in [0, 0.1) is 27.7 Å². The van der Waals surface area contributed by atoms with Gasteiger partial charge >= 0.3 is 127 Å². The van der Waals surface area contributed by atoms with Gasteiger partial charge in [-0.3, -0.25) is 0 Å². The summed E-state index contributed by atoms with van der Waals surface area (Å²) < 4.78 is 7.73. The minimum atomic E-state index is 0.0307. The number of hydrogen-bond donors (Lipinski definition) is 1. The molecule has 2 rings (SSSR count). The Morgan fingerprint density at radius 3 is 2.00 bits per heavy atom. The molecule has 0 heterocycles. The first-order chi connectivity index (χ1) is 9.42. The molecular formula is C17H20O2Se. The normalized spacial score (nSPS) is 10.7. The van der Waals surface area contributed by atoms with Crippen molar-refractivity contribution in [2.75, 3.05) is 7.11 Å². The van der Waals surface area contributed by atoms with Crippen molar-refractivity contribution in [3.63, 3.8) is 0 Å². The van der Waals surface area contributed by atoms with Crippen molar-refractivity contribution in [2.45, 2.75) is 27.7 Å². The van der Waals surface area contributed by atoms with E-state index in [1.54, 1.807) is 7.11 Å². The molecule has 20 heavy (non-hydrogen) atoms. The number of aryl methyl sites for hydroxylation is 4. The number of aromatic hydroxyl groups is 1. The van der Waals surface area contributed by atoms with Crippen LogP contribution in [0.3, 0.4) is 0 Å². The van der Waals surface area contributed by atoms with Crippen LogP contribution in [0.5, 0.6) is 11.5 Å². The van der Waals surface area contributed by atoms with Crippen LogP contribution < -0.4 is 13.7 Å². The molecule has 0 aliphatic heterocycles. The Balaban J connectivity index is 2.50. The van der Waals surface area contributed by atoms with Crippen molar-refractivity contribution in [3.8, 4) is 11.5 Å². The van der Waals surface area contributed by atoms with Crippen molar-refractivity contribution >= 4 is 23.9 Å². The Labute approximate surface area is 127 Å². The SMILES string of the molecule is COc1c(C)cc(C)cc1[Se]c1cc(C)cc(C)c1O. The number of phenols is 1. The van der Waals surface area contributed by atoms with E-state index in [2.05, 4.69) is 39.0 Å². The van der Waals surface area contributed by atoms with Crippen LogP contribution in [0.4, 0.5) is 0 Å². The van der Waals surface area contributed by atoms with Gasteiger partial charge in [0.1, 0.15) is 0 Å². The van der Waals surface area contributed by atoms with Gasteiger partial charge in [-0.25, -0.2) is 0 Å². The number of rotatable bonds is 3. The molecule has 0 bridgehead atoms. The van der Waals surface area contributed by atoms with E-state index >= 15 is 0 Å². The quantitative estimate of drug-likeness (QED) is 0.872. The fraction of sp³-hybridized carbons (Fsp3) is 0.294. The molecule has 3 heteroatoms. The molecule has 0 saturated carbocycles. The van der Waals surface area contributed by atoms with Crippen molar-refractivity contribution in [2.24, 2.45) is 0 Å². The first kappa shape index (κ1) is 15.0. The Morgan fingerprint density at radius 1 is 0.850 bits per heavy atom. The second-order valence-corrected chi connectivity index (χ2v) is 7.42. The number of hydrogen-bond acceptors (Lipinski definition) is 2. The second-order valence-electron chi connectivity index (χ2n) is 5.14. The van der Waals surface area contributed by atoms with Gasteiger partial charge in [0.05, 0.1) is 0 Å². The first-order valence-corrected chi connectivity index (χ1v) is 8.27. The van der Waals surface area contributed by atoms with Crippen molar-refractivity contribution in [3.05, 3.63) is 46.5 Å². The Bertz CT molecular complexity index is 648. The molecule has 0 radical (unpaired) electrons. The topological polar surface area (TPSA) is 29.5 Å². The first-order valence-electron chi connectivity index (χ1n) is 6.55. The van der Waals surface area contributed by atoms with Crippen LogP contribution in [0.1, 0.15) is 22.3 Å². The van der Waals surface area contributed by atoms with E-state index in [0.717, 1.165) is 21.3 Å². The summed E-state index contributed by atoms with van der Waals surface area (Å²) in [6.07, 6.45) is 0. The van der Waals surface area contributed by atoms with Gasteiger partial charge in [-0.1, -0.05) is 0 Å². The average molecular weight is 335 g/mol. The fourth-order valence-electron chi connectivity index (χ4n) is 2.37. The van der Waals surface area contributed by atoms with E-state index < -0.39 is 0 Å². The molecule has 0 saturated heterocycles. The summed E-state index contributed by atoms with van der Waals surface area (Å²) in [6, 6.07) is 8.36. The molecule has 2 aromatic rings. The number of methoxy groups -OCH3 is 1. The molecule has 0 fully saturated rings. The number of ether oxygens (including phenoxy) is 1. The third-order valence-corrected chi connectivity index (χ3v) is 5.43. The number of benzene rings is 2. The summed E-state index contributed by atoms with van der Waals surface area (Å²) in [7, 11) is 1.71. The Hall–Kier alpha value is -1.44. The standard InChI is InChI=1S/C17H20O2Se/c1-10-6-12(3)16(18)14(8-10)20-15-9-11(2)7-13(4)17(15)19-5/h6-9,18H,1-5H3. The van der Waals surface area contributed by atoms with E-state index in [1.165, 1.54) is 15.6 Å². The molecule has 0 atom stereocenters. The van der Waals surface area contributed by atoms with Crippen molar-refractivity contribution in [1.29, 1.82) is 0 Å². The van der Waals surface area contributed by atoms with Gasteiger partial charge < -0.3 is 0 Å². The zero-order chi connectivity index (χ0) is 14.9. The molecule has 2 nitrogen and oxygen atoms in total. The van der Waals surface area contributed by atoms with Crippen LogP contribution in [0.15, 0.2) is 24.3 Å². The van der Waals surface area contributed by atoms with Gasteiger partial charge in [0, 0.05) is 0 Å². The summed E-state index contributed by atoms with van der Waals surface area (Å²) in [5, 5.41) is 10.3. The van der Waals surface area contributed by atoms with E-state index in [9.17, 15) is 5.11 Å². The third kappa shape index (κ3) is 3.00. The molecule has 0 spiro atoms. The molecule has 0 aliphatic carbocycles. The molecule has 0 amide bonds. The Kier molecular flexibility index (Phi) is 4.42. The fourth-order valence-corrected chi connectivity index (χ4v) is 5.14. The molecule has 0 unspecified atom stereocenters. The Morgan fingerprint density at radius 2 is 1.40 bits per heavy atom.